The number of aromatic nitrogens is 4. The summed E-state index contributed by atoms with van der Waals surface area (Å²) in [5, 5.41) is 48.4. The van der Waals surface area contributed by atoms with Gasteiger partial charge in [-0.25, -0.2) is 28.6 Å². The molecule has 31 heteroatoms. The van der Waals surface area contributed by atoms with Crippen LogP contribution in [0.15, 0.2) is 12.7 Å². The minimum atomic E-state index is -5.61. The summed E-state index contributed by atoms with van der Waals surface area (Å²) in [6.45, 7) is 8.89. The zero-order valence-electron chi connectivity index (χ0n) is 45.1. The third-order valence-electron chi connectivity index (χ3n) is 17.8. The molecule has 27 nitrogen and oxygen atoms in total. The topological polar surface area (TPSA) is 421 Å². The lowest BCUT2D eigenvalue weighted by molar-refractivity contribution is -0.174. The van der Waals surface area contributed by atoms with Crippen molar-refractivity contribution in [2.75, 3.05) is 37.8 Å². The summed E-state index contributed by atoms with van der Waals surface area (Å²) in [6.07, 6.45) is 0.890. The summed E-state index contributed by atoms with van der Waals surface area (Å²) in [5.74, 6) is -0.152. The Balaban J connectivity index is 0.774. The quantitative estimate of drug-likeness (QED) is 0.0386. The Bertz CT molecular complexity index is 2690. The number of phosphoric acid groups is 3. The number of hydrogen-bond acceptors (Lipinski definition) is 21. The fraction of sp³-hybridized carbons (Fsp3) is 0.812. The lowest BCUT2D eigenvalue weighted by Gasteiger charge is -2.62. The van der Waals surface area contributed by atoms with Crippen LogP contribution in [0.2, 0.25) is 0 Å². The molecule has 0 spiro atoms. The van der Waals surface area contributed by atoms with Crippen molar-refractivity contribution < 1.29 is 95.5 Å². The van der Waals surface area contributed by atoms with E-state index in [0.29, 0.717) is 30.1 Å². The standard InChI is InChI=1S/C48H78N7O20P3S/c1-25(29-8-9-30-36-31(12-15-48(29,30)6)47(5)14-11-28(56)19-27(47)20-33(36)58)7-10-32(57)26(2)45(63)79-18-17-50-35(59)13-16-51-43(62)40(61)46(3,4)22-72-78(69,70)75-77(67,68)71-21-34-39(74-76(64,65)66)38(60)44(73-34)55-24-54-37-41(49)52-23-53-42(37)55/h23-31,33-34,36,38-40,44,56,58,60-61H,7-22H2,1-6H3,(H,50,59)(H,51,62)(H,67,68)(H,69,70)(H2,49,52,53)(H2,64,65,66)/t25-,26-,27+,28-,29-,30+,31+,33-,34-,36+,38-,39-,40+,44-,47+,48-/m1/s1. The maximum Gasteiger partial charge on any atom is 0.481 e. The third kappa shape index (κ3) is 14.7. The van der Waals surface area contributed by atoms with E-state index in [2.05, 4.69) is 55.2 Å². The molecule has 5 aliphatic rings. The molecule has 18 atom stereocenters. The summed E-state index contributed by atoms with van der Waals surface area (Å²) in [6, 6.07) is 0. The minimum Gasteiger partial charge on any atom is -0.393 e. The number of imidazole rings is 1. The van der Waals surface area contributed by atoms with Gasteiger partial charge in [-0.1, -0.05) is 46.4 Å². The SMILES string of the molecule is C[C@H](C(=O)CC[C@@H](C)[C@H]1CC[C@H]2[C@@H]3[C@H](O)C[C@@H]4C[C@H](O)CC[C@]4(C)[C@H]3CC[C@]12C)C(=O)SCCNC(=O)CCNC(=O)[C@H](O)C(C)(C)COP(=O)(O)OP(=O)(O)OC[C@H]1O[C@@H](n2cnc3c(N)ncnc32)[C@H](O)[C@@H]1OP(=O)(O)O. The first-order valence-electron chi connectivity index (χ1n) is 26.7. The number of fused-ring (bicyclic) bond motifs is 6. The number of aliphatic hydroxyl groups is 4. The Labute approximate surface area is 462 Å². The van der Waals surface area contributed by atoms with Crippen LogP contribution in [0.5, 0.6) is 0 Å². The van der Waals surface area contributed by atoms with Crippen molar-refractivity contribution in [2.24, 2.45) is 57.7 Å². The normalized spacial score (nSPS) is 33.6. The molecule has 2 aromatic heterocycles. The number of rotatable bonds is 25. The molecular formula is C48H78N7O20P3S. The van der Waals surface area contributed by atoms with Crippen LogP contribution < -0.4 is 16.4 Å². The van der Waals surface area contributed by atoms with Crippen LogP contribution in [-0.2, 0) is 55.5 Å². The van der Waals surface area contributed by atoms with Gasteiger partial charge < -0.3 is 61.1 Å². The minimum absolute atomic E-state index is 0.0217. The average molecular weight is 1200 g/mol. The van der Waals surface area contributed by atoms with Crippen LogP contribution in [0.1, 0.15) is 118 Å². The number of amides is 2. The Morgan fingerprint density at radius 1 is 0.911 bits per heavy atom. The molecule has 12 N–H and O–H groups in total. The van der Waals surface area contributed by atoms with Crippen molar-refractivity contribution >= 4 is 74.9 Å². The van der Waals surface area contributed by atoms with Crippen LogP contribution in [0.4, 0.5) is 5.82 Å². The van der Waals surface area contributed by atoms with Crippen LogP contribution in [0.3, 0.4) is 0 Å². The van der Waals surface area contributed by atoms with Gasteiger partial charge in [0, 0.05) is 37.1 Å². The van der Waals surface area contributed by atoms with Crippen molar-refractivity contribution in [2.45, 2.75) is 155 Å². The van der Waals surface area contributed by atoms with Gasteiger partial charge in [-0.2, -0.15) is 4.31 Å². The highest BCUT2D eigenvalue weighted by atomic mass is 32.2. The lowest BCUT2D eigenvalue weighted by atomic mass is 9.43. The number of hydrogen-bond donors (Lipinski definition) is 11. The Hall–Kier alpha value is -2.85. The van der Waals surface area contributed by atoms with Gasteiger partial charge in [0.1, 0.15) is 42.0 Å². The number of anilines is 1. The number of nitrogens with one attached hydrogen (secondary N) is 2. The first-order valence-corrected chi connectivity index (χ1v) is 32.2. The van der Waals surface area contributed by atoms with Crippen LogP contribution in [0, 0.1) is 57.7 Å². The van der Waals surface area contributed by atoms with Gasteiger partial charge in [0.05, 0.1) is 37.7 Å². The van der Waals surface area contributed by atoms with E-state index in [1.807, 2.05) is 0 Å². The molecule has 0 aromatic carbocycles. The Kier molecular flexibility index (Phi) is 20.3. The number of nitrogen functional groups attached to an aromatic ring is 1. The predicted molar refractivity (Wildman–Crippen MR) is 282 cm³/mol. The molecule has 1 aliphatic heterocycles. The van der Waals surface area contributed by atoms with E-state index in [-0.39, 0.29) is 94.4 Å². The summed E-state index contributed by atoms with van der Waals surface area (Å²) >= 11 is 0.940. The highest BCUT2D eigenvalue weighted by molar-refractivity contribution is 8.13. The molecule has 5 fully saturated rings. The number of phosphoric ester groups is 3. The number of ketones is 1. The van der Waals surface area contributed by atoms with Gasteiger partial charge in [-0.05, 0) is 111 Å². The summed E-state index contributed by atoms with van der Waals surface area (Å²) in [7, 11) is -16.5. The maximum atomic E-state index is 13.3. The van der Waals surface area contributed by atoms with E-state index in [9.17, 15) is 72.9 Å². The number of thioether (sulfide) groups is 1. The van der Waals surface area contributed by atoms with E-state index in [1.54, 1.807) is 6.92 Å². The molecule has 4 saturated carbocycles. The third-order valence-corrected chi connectivity index (χ3v) is 22.0. The summed E-state index contributed by atoms with van der Waals surface area (Å²) < 4.78 is 62.7. The summed E-state index contributed by atoms with van der Waals surface area (Å²) in [5.41, 5.74) is 4.45. The number of carbonyl (C=O) groups is 4. The molecular weight excluding hydrogens is 1120 g/mol. The smallest absolute Gasteiger partial charge is 0.393 e. The van der Waals surface area contributed by atoms with Crippen LogP contribution in [-0.4, -0.2) is 151 Å². The Morgan fingerprint density at radius 2 is 1.59 bits per heavy atom. The maximum absolute atomic E-state index is 13.3. The fourth-order valence-corrected chi connectivity index (χ4v) is 17.1. The number of carbonyl (C=O) groups excluding carboxylic acids is 4. The zero-order valence-corrected chi connectivity index (χ0v) is 48.6. The van der Waals surface area contributed by atoms with E-state index >= 15 is 0 Å². The molecule has 0 bridgehead atoms. The molecule has 7 rings (SSSR count). The highest BCUT2D eigenvalue weighted by Gasteiger charge is 2.63. The average Bonchev–Trinajstić information content (AvgIpc) is 4.03. The van der Waals surface area contributed by atoms with Gasteiger partial charge in [0.2, 0.25) is 11.8 Å². The first kappa shape index (κ1) is 63.7. The number of nitrogens with zero attached hydrogens (tertiary/aromatic N) is 4. The number of Topliss-reactive ketones (excluding diaryl/α,β-unsaturated/α-hetero) is 1. The van der Waals surface area contributed by atoms with E-state index in [1.165, 1.54) is 13.8 Å². The van der Waals surface area contributed by atoms with Crippen molar-refractivity contribution in [3.05, 3.63) is 12.7 Å². The number of ether oxygens (including phenoxy) is 1. The number of aliphatic hydroxyl groups excluding tert-OH is 4. The van der Waals surface area contributed by atoms with Gasteiger partial charge in [0.25, 0.3) is 0 Å². The predicted octanol–water partition coefficient (Wildman–Crippen LogP) is 3.28. The van der Waals surface area contributed by atoms with Crippen LogP contribution >= 0.6 is 35.2 Å². The second-order valence-corrected chi connectivity index (χ2v) is 28.7. The molecule has 1 saturated heterocycles. The van der Waals surface area contributed by atoms with Gasteiger partial charge in [-0.3, -0.25) is 37.3 Å². The Morgan fingerprint density at radius 3 is 2.30 bits per heavy atom. The molecule has 79 heavy (non-hydrogen) atoms. The van der Waals surface area contributed by atoms with E-state index in [4.69, 9.17) is 19.5 Å². The molecule has 2 unspecified atom stereocenters. The van der Waals surface area contributed by atoms with Gasteiger partial charge in [-0.15, -0.1) is 0 Å². The molecule has 2 aromatic rings. The summed E-state index contributed by atoms with van der Waals surface area (Å²) in [4.78, 5) is 103. The zero-order chi connectivity index (χ0) is 58.2. The second kappa shape index (κ2) is 25.2. The van der Waals surface area contributed by atoms with E-state index < -0.39 is 90.5 Å². The largest absolute Gasteiger partial charge is 0.481 e. The van der Waals surface area contributed by atoms with E-state index in [0.717, 1.165) is 80.4 Å². The van der Waals surface area contributed by atoms with Crippen molar-refractivity contribution in [3.8, 4) is 0 Å². The second-order valence-electron chi connectivity index (χ2n) is 23.4. The molecule has 4 aliphatic carbocycles. The van der Waals surface area contributed by atoms with Crippen molar-refractivity contribution in [3.63, 3.8) is 0 Å². The highest BCUT2D eigenvalue weighted by Crippen LogP contribution is 2.68. The van der Waals surface area contributed by atoms with Crippen molar-refractivity contribution in [1.29, 1.82) is 0 Å². The lowest BCUT2D eigenvalue weighted by Crippen LogP contribution is -2.58. The number of nitrogens with two attached hydrogens (primary N) is 1. The van der Waals surface area contributed by atoms with Crippen LogP contribution in [0.25, 0.3) is 11.2 Å². The first-order chi connectivity index (χ1) is 36.8. The molecule has 0 radical (unpaired) electrons. The van der Waals surface area contributed by atoms with Gasteiger partial charge in [0.15, 0.2) is 22.8 Å². The van der Waals surface area contributed by atoms with Crippen molar-refractivity contribution in [1.82, 2.24) is 30.2 Å². The van der Waals surface area contributed by atoms with Gasteiger partial charge >= 0.3 is 23.5 Å². The molecule has 3 heterocycles. The monoisotopic (exact) mass is 1200 g/mol. The molecule has 2 amide bonds. The molecule has 446 valence electrons. The fourth-order valence-electron chi connectivity index (χ4n) is 13.5.